The highest BCUT2D eigenvalue weighted by Crippen LogP contribution is 2.28. The first-order valence-electron chi connectivity index (χ1n) is 4.39. The summed E-state index contributed by atoms with van der Waals surface area (Å²) in [7, 11) is 0. The Hall–Kier alpha value is -2.02. The highest BCUT2D eigenvalue weighted by Gasteiger charge is 2.18. The van der Waals surface area contributed by atoms with Crippen molar-refractivity contribution >= 4 is 38.9 Å². The van der Waals surface area contributed by atoms with E-state index in [9.17, 15) is 19.7 Å². The van der Waals surface area contributed by atoms with Crippen LogP contribution in [0.4, 0.5) is 5.69 Å². The SMILES string of the molecule is O=Cc1coc2c([N+](=O)[O-])cc(Br)cc2c1=O. The molecule has 0 radical (unpaired) electrons. The normalized spacial score (nSPS) is 10.4. The van der Waals surface area contributed by atoms with Crippen molar-refractivity contribution in [1.29, 1.82) is 0 Å². The average Bonchev–Trinajstić information content (AvgIpc) is 2.29. The lowest BCUT2D eigenvalue weighted by Crippen LogP contribution is -2.08. The molecule has 0 fully saturated rings. The van der Waals surface area contributed by atoms with Gasteiger partial charge in [0, 0.05) is 10.5 Å². The molecule has 0 aliphatic heterocycles. The molecule has 0 aliphatic carbocycles. The van der Waals surface area contributed by atoms with E-state index in [0.29, 0.717) is 10.8 Å². The van der Waals surface area contributed by atoms with Gasteiger partial charge in [0.25, 0.3) is 0 Å². The zero-order valence-electron chi connectivity index (χ0n) is 8.18. The van der Waals surface area contributed by atoms with Crippen LogP contribution in [0.2, 0.25) is 0 Å². The summed E-state index contributed by atoms with van der Waals surface area (Å²) in [5, 5.41) is 10.8. The van der Waals surface area contributed by atoms with Crippen molar-refractivity contribution in [3.63, 3.8) is 0 Å². The number of halogens is 1. The number of fused-ring (bicyclic) bond motifs is 1. The van der Waals surface area contributed by atoms with Gasteiger partial charge in [0.1, 0.15) is 6.26 Å². The van der Waals surface area contributed by atoms with Crippen LogP contribution in [0.5, 0.6) is 0 Å². The Morgan fingerprint density at radius 2 is 2.12 bits per heavy atom. The lowest BCUT2D eigenvalue weighted by molar-refractivity contribution is -0.383. The molecule has 0 N–H and O–H groups in total. The van der Waals surface area contributed by atoms with Crippen molar-refractivity contribution in [2.45, 2.75) is 0 Å². The summed E-state index contributed by atoms with van der Waals surface area (Å²) >= 11 is 3.06. The van der Waals surface area contributed by atoms with Crippen LogP contribution in [0, 0.1) is 10.1 Å². The molecule has 0 atom stereocenters. The zero-order chi connectivity index (χ0) is 12.6. The second kappa shape index (κ2) is 4.10. The van der Waals surface area contributed by atoms with Crippen molar-refractivity contribution in [2.75, 3.05) is 0 Å². The van der Waals surface area contributed by atoms with Crippen molar-refractivity contribution in [3.05, 3.63) is 48.8 Å². The molecule has 1 heterocycles. The van der Waals surface area contributed by atoms with Gasteiger partial charge in [-0.15, -0.1) is 0 Å². The standard InChI is InChI=1S/C10H4BrNO5/c11-6-1-7-9(14)5(3-13)4-17-10(7)8(2-6)12(15)16/h1-4H. The van der Waals surface area contributed by atoms with Crippen LogP contribution >= 0.6 is 15.9 Å². The minimum atomic E-state index is -0.656. The Morgan fingerprint density at radius 3 is 2.71 bits per heavy atom. The number of non-ortho nitro benzene ring substituents is 1. The lowest BCUT2D eigenvalue weighted by Gasteiger charge is -2.00. The molecule has 2 aromatic rings. The van der Waals surface area contributed by atoms with Crippen LogP contribution in [-0.4, -0.2) is 11.2 Å². The quantitative estimate of drug-likeness (QED) is 0.482. The number of nitro groups is 1. The predicted molar refractivity (Wildman–Crippen MR) is 62.2 cm³/mol. The smallest absolute Gasteiger partial charge is 0.313 e. The largest absolute Gasteiger partial charge is 0.456 e. The molecule has 0 amide bonds. The topological polar surface area (TPSA) is 90.4 Å². The molecule has 2 rings (SSSR count). The molecule has 0 spiro atoms. The third-order valence-corrected chi connectivity index (χ3v) is 2.63. The van der Waals surface area contributed by atoms with E-state index in [4.69, 9.17) is 4.42 Å². The predicted octanol–water partition coefficient (Wildman–Crippen LogP) is 2.28. The van der Waals surface area contributed by atoms with E-state index in [-0.39, 0.29) is 22.2 Å². The third-order valence-electron chi connectivity index (χ3n) is 2.17. The summed E-state index contributed by atoms with van der Waals surface area (Å²) in [5.74, 6) is 0. The maximum atomic E-state index is 11.8. The van der Waals surface area contributed by atoms with Crippen molar-refractivity contribution < 1.29 is 14.1 Å². The second-order valence-corrected chi connectivity index (χ2v) is 4.11. The number of nitrogens with zero attached hydrogens (tertiary/aromatic N) is 1. The molecule has 1 aromatic carbocycles. The van der Waals surface area contributed by atoms with Gasteiger partial charge < -0.3 is 4.42 Å². The van der Waals surface area contributed by atoms with E-state index in [2.05, 4.69) is 15.9 Å². The number of aldehydes is 1. The summed E-state index contributed by atoms with van der Waals surface area (Å²) in [4.78, 5) is 32.5. The Balaban J connectivity index is 2.99. The molecule has 0 unspecified atom stereocenters. The van der Waals surface area contributed by atoms with E-state index in [1.54, 1.807) is 0 Å². The van der Waals surface area contributed by atoms with Crippen molar-refractivity contribution in [2.24, 2.45) is 0 Å². The van der Waals surface area contributed by atoms with Crippen LogP contribution < -0.4 is 5.43 Å². The number of hydrogen-bond donors (Lipinski definition) is 0. The van der Waals surface area contributed by atoms with Crippen LogP contribution in [0.25, 0.3) is 11.0 Å². The molecule has 6 nitrogen and oxygen atoms in total. The van der Waals surface area contributed by atoms with E-state index >= 15 is 0 Å². The summed E-state index contributed by atoms with van der Waals surface area (Å²) in [5.41, 5.74) is -1.24. The fourth-order valence-electron chi connectivity index (χ4n) is 1.42. The van der Waals surface area contributed by atoms with Gasteiger partial charge in [-0.1, -0.05) is 15.9 Å². The Bertz CT molecular complexity index is 691. The molecule has 0 aliphatic rings. The number of carbonyl (C=O) groups is 1. The molecule has 7 heteroatoms. The minimum Gasteiger partial charge on any atom is -0.456 e. The number of carbonyl (C=O) groups excluding carboxylic acids is 1. The van der Waals surface area contributed by atoms with Crippen molar-refractivity contribution in [3.8, 4) is 0 Å². The Morgan fingerprint density at radius 1 is 1.41 bits per heavy atom. The molecule has 0 saturated carbocycles. The summed E-state index contributed by atoms with van der Waals surface area (Å²) in [6.07, 6.45) is 1.26. The zero-order valence-corrected chi connectivity index (χ0v) is 9.76. The summed E-state index contributed by atoms with van der Waals surface area (Å²) in [6.45, 7) is 0. The highest BCUT2D eigenvalue weighted by atomic mass is 79.9. The number of hydrogen-bond acceptors (Lipinski definition) is 5. The maximum Gasteiger partial charge on any atom is 0.313 e. The van der Waals surface area contributed by atoms with E-state index in [1.807, 2.05) is 0 Å². The molecular formula is C10H4BrNO5. The third kappa shape index (κ3) is 1.84. The van der Waals surface area contributed by atoms with Crippen LogP contribution in [-0.2, 0) is 0 Å². The molecule has 0 saturated heterocycles. The molecule has 0 bridgehead atoms. The number of nitro benzene ring substituents is 1. The van der Waals surface area contributed by atoms with Crippen LogP contribution in [0.1, 0.15) is 10.4 Å². The van der Waals surface area contributed by atoms with Crippen LogP contribution in [0.3, 0.4) is 0 Å². The summed E-state index contributed by atoms with van der Waals surface area (Å²) in [6, 6.07) is 2.60. The van der Waals surface area contributed by atoms with Gasteiger partial charge in [0.05, 0.1) is 15.9 Å². The van der Waals surface area contributed by atoms with Gasteiger partial charge in [-0.2, -0.15) is 0 Å². The fourth-order valence-corrected chi connectivity index (χ4v) is 1.87. The van der Waals surface area contributed by atoms with E-state index in [1.165, 1.54) is 12.1 Å². The first-order valence-corrected chi connectivity index (χ1v) is 5.18. The monoisotopic (exact) mass is 297 g/mol. The van der Waals surface area contributed by atoms with Crippen LogP contribution in [0.15, 0.2) is 32.1 Å². The van der Waals surface area contributed by atoms with Gasteiger partial charge in [-0.3, -0.25) is 19.7 Å². The first-order chi connectivity index (χ1) is 8.04. The van der Waals surface area contributed by atoms with Gasteiger partial charge in [0.15, 0.2) is 6.29 Å². The highest BCUT2D eigenvalue weighted by molar-refractivity contribution is 9.10. The molecular weight excluding hydrogens is 294 g/mol. The average molecular weight is 298 g/mol. The van der Waals surface area contributed by atoms with Gasteiger partial charge in [0.2, 0.25) is 11.0 Å². The Labute approximate surface area is 102 Å². The van der Waals surface area contributed by atoms with E-state index < -0.39 is 10.4 Å². The minimum absolute atomic E-state index is 0.00400. The second-order valence-electron chi connectivity index (χ2n) is 3.20. The Kier molecular flexibility index (Phi) is 2.76. The maximum absolute atomic E-state index is 11.8. The summed E-state index contributed by atoms with van der Waals surface area (Å²) < 4.78 is 5.34. The number of rotatable bonds is 2. The molecule has 1 aromatic heterocycles. The van der Waals surface area contributed by atoms with Gasteiger partial charge in [-0.25, -0.2) is 0 Å². The molecule has 86 valence electrons. The fraction of sp³-hybridized carbons (Fsp3) is 0. The number of benzene rings is 1. The van der Waals surface area contributed by atoms with E-state index in [0.717, 1.165) is 6.26 Å². The first kappa shape index (κ1) is 11.5. The van der Waals surface area contributed by atoms with Crippen molar-refractivity contribution in [1.82, 2.24) is 0 Å². The molecule has 17 heavy (non-hydrogen) atoms. The lowest BCUT2D eigenvalue weighted by atomic mass is 10.1. The van der Waals surface area contributed by atoms with Gasteiger partial charge >= 0.3 is 5.69 Å². The van der Waals surface area contributed by atoms with Gasteiger partial charge in [-0.05, 0) is 6.07 Å².